The Labute approximate surface area is 199 Å². The molecular weight excluding hydrogens is 600 g/mol. The van der Waals surface area contributed by atoms with Crippen LogP contribution in [-0.2, 0) is 4.74 Å². The quantitative estimate of drug-likeness (QED) is 0.236. The fourth-order valence-electron chi connectivity index (χ4n) is 2.51. The molecule has 38 heavy (non-hydrogen) atoms. The molecule has 1 nitrogen and oxygen atoms in total. The van der Waals surface area contributed by atoms with Gasteiger partial charge in [0.1, 0.15) is 0 Å². The Morgan fingerprint density at radius 1 is 0.421 bits per heavy atom. The van der Waals surface area contributed by atoms with Crippen molar-refractivity contribution >= 4 is 0 Å². The lowest BCUT2D eigenvalue weighted by Crippen LogP contribution is -2.75. The van der Waals surface area contributed by atoms with Gasteiger partial charge in [0.2, 0.25) is 17.7 Å². The molecule has 3 unspecified atom stereocenters. The van der Waals surface area contributed by atoms with E-state index >= 15 is 0 Å². The average molecular weight is 616 g/mol. The van der Waals surface area contributed by atoms with E-state index < -0.39 is 84.8 Å². The molecule has 0 rings (SSSR count). The molecule has 0 aliphatic heterocycles. The van der Waals surface area contributed by atoms with E-state index in [0.717, 1.165) is 0 Å². The molecule has 0 saturated carbocycles. The van der Waals surface area contributed by atoms with Gasteiger partial charge < -0.3 is 0 Å². The molecule has 0 aliphatic rings. The summed E-state index contributed by atoms with van der Waals surface area (Å²) in [5.41, 5.74) is -16.9. The van der Waals surface area contributed by atoms with Crippen molar-refractivity contribution in [3.05, 3.63) is 0 Å². The van der Waals surface area contributed by atoms with Crippen molar-refractivity contribution in [1.82, 2.24) is 0 Å². The molecule has 0 bridgehead atoms. The van der Waals surface area contributed by atoms with E-state index in [-0.39, 0.29) is 20.8 Å². The van der Waals surface area contributed by atoms with E-state index in [4.69, 9.17) is 0 Å². The first-order valence-corrected chi connectivity index (χ1v) is 9.29. The monoisotopic (exact) mass is 616 g/mol. The van der Waals surface area contributed by atoms with Crippen LogP contribution in [0.2, 0.25) is 0 Å². The summed E-state index contributed by atoms with van der Waals surface area (Å²) in [6.45, 7) is -2.92. The van der Waals surface area contributed by atoms with Gasteiger partial charge in [-0.05, 0) is 13.8 Å². The Hall–Kier alpha value is -1.44. The molecule has 0 aromatic carbocycles. The first kappa shape index (κ1) is 36.6. The van der Waals surface area contributed by atoms with Gasteiger partial charge in [0.05, 0.1) is 0 Å². The SMILES string of the molecule is CC(C)(C)C(F)(F)C(F)(F)C(F)(F)C(F)(F)C(C)(F)C(F)(F)C(C)(F)C(F)OC(F)(C(F)(F)F)C(F)(F)F. The van der Waals surface area contributed by atoms with Gasteiger partial charge in [-0.15, -0.1) is 0 Å². The summed E-state index contributed by atoms with van der Waals surface area (Å²) in [6, 6.07) is 0. The largest absolute Gasteiger partial charge is 0.458 e. The van der Waals surface area contributed by atoms with Gasteiger partial charge >= 0.3 is 47.8 Å². The van der Waals surface area contributed by atoms with Gasteiger partial charge in [0.25, 0.3) is 0 Å². The van der Waals surface area contributed by atoms with E-state index in [2.05, 4.69) is 0 Å². The first-order valence-electron chi connectivity index (χ1n) is 9.29. The average Bonchev–Trinajstić information content (AvgIpc) is 2.63. The molecule has 0 aliphatic carbocycles. The summed E-state index contributed by atoms with van der Waals surface area (Å²) >= 11 is 0. The van der Waals surface area contributed by atoms with E-state index in [0.29, 0.717) is 0 Å². The highest BCUT2D eigenvalue weighted by Gasteiger charge is 2.91. The second kappa shape index (κ2) is 9.04. The first-order chi connectivity index (χ1) is 15.9. The molecule has 230 valence electrons. The summed E-state index contributed by atoms with van der Waals surface area (Å²) in [5, 5.41) is 0. The zero-order valence-corrected chi connectivity index (χ0v) is 19.0. The van der Waals surface area contributed by atoms with Crippen molar-refractivity contribution in [3.8, 4) is 0 Å². The van der Waals surface area contributed by atoms with Gasteiger partial charge in [0, 0.05) is 5.41 Å². The molecule has 0 spiro atoms. The fourth-order valence-corrected chi connectivity index (χ4v) is 2.51. The molecule has 0 aromatic rings. The van der Waals surface area contributed by atoms with Gasteiger partial charge in [-0.25, -0.2) is 13.2 Å². The molecule has 0 saturated heterocycles. The van der Waals surface area contributed by atoms with Crippen LogP contribution in [0.1, 0.15) is 34.6 Å². The van der Waals surface area contributed by atoms with Crippen LogP contribution in [0.4, 0.5) is 87.8 Å². The topological polar surface area (TPSA) is 9.23 Å². The van der Waals surface area contributed by atoms with Gasteiger partial charge in [-0.1, -0.05) is 20.8 Å². The number of ether oxygens (including phenoxy) is 1. The van der Waals surface area contributed by atoms with E-state index in [9.17, 15) is 87.8 Å². The number of hydrogen-bond donors (Lipinski definition) is 0. The summed E-state index contributed by atoms with van der Waals surface area (Å²) in [6.07, 6.45) is -20.8. The van der Waals surface area contributed by atoms with E-state index in [1.807, 2.05) is 4.74 Å². The Morgan fingerprint density at radius 2 is 0.711 bits per heavy atom. The van der Waals surface area contributed by atoms with Crippen LogP contribution in [0, 0.1) is 5.41 Å². The highest BCUT2D eigenvalue weighted by molar-refractivity contribution is 5.18. The maximum Gasteiger partial charge on any atom is 0.458 e. The third kappa shape index (κ3) is 4.75. The molecule has 0 fully saturated rings. The number of rotatable bonds is 9. The highest BCUT2D eigenvalue weighted by atomic mass is 19.4. The van der Waals surface area contributed by atoms with Crippen molar-refractivity contribution in [2.75, 3.05) is 0 Å². The lowest BCUT2D eigenvalue weighted by atomic mass is 9.75. The normalized spacial score (nSPS) is 20.1. The summed E-state index contributed by atoms with van der Waals surface area (Å²) < 4.78 is 274. The predicted molar refractivity (Wildman–Crippen MR) is 85.1 cm³/mol. The van der Waals surface area contributed by atoms with Crippen molar-refractivity contribution in [2.24, 2.45) is 5.41 Å². The molecule has 0 aromatic heterocycles. The third-order valence-corrected chi connectivity index (χ3v) is 5.34. The van der Waals surface area contributed by atoms with Crippen LogP contribution in [-0.4, -0.2) is 65.5 Å². The van der Waals surface area contributed by atoms with E-state index in [1.54, 1.807) is 0 Å². The highest BCUT2D eigenvalue weighted by Crippen LogP contribution is 2.64. The second-order valence-corrected chi connectivity index (χ2v) is 9.23. The van der Waals surface area contributed by atoms with Crippen LogP contribution >= 0.6 is 0 Å². The van der Waals surface area contributed by atoms with Crippen LogP contribution in [0.5, 0.6) is 0 Å². The van der Waals surface area contributed by atoms with Crippen LogP contribution < -0.4 is 0 Å². The minimum atomic E-state index is -7.95. The van der Waals surface area contributed by atoms with Gasteiger partial charge in [-0.2, -0.15) is 74.6 Å². The molecular formula is C17H16F20O. The van der Waals surface area contributed by atoms with Crippen LogP contribution in [0.25, 0.3) is 0 Å². The molecule has 0 amide bonds. The lowest BCUT2D eigenvalue weighted by molar-refractivity contribution is -0.463. The Kier molecular flexibility index (Phi) is 8.69. The van der Waals surface area contributed by atoms with E-state index in [1.165, 1.54) is 0 Å². The Balaban J connectivity index is 6.94. The van der Waals surface area contributed by atoms with Gasteiger partial charge in [0.15, 0.2) is 0 Å². The smallest absolute Gasteiger partial charge is 0.293 e. The molecule has 3 atom stereocenters. The maximum absolute atomic E-state index is 14.6. The maximum atomic E-state index is 14.6. The lowest BCUT2D eigenvalue weighted by Gasteiger charge is -2.48. The van der Waals surface area contributed by atoms with Crippen LogP contribution in [0.3, 0.4) is 0 Å². The number of hydrogen-bond acceptors (Lipinski definition) is 1. The van der Waals surface area contributed by atoms with Crippen molar-refractivity contribution in [3.63, 3.8) is 0 Å². The second-order valence-electron chi connectivity index (χ2n) is 9.23. The van der Waals surface area contributed by atoms with Crippen molar-refractivity contribution in [2.45, 2.75) is 100 Å². The van der Waals surface area contributed by atoms with Crippen LogP contribution in [0.15, 0.2) is 0 Å². The zero-order valence-electron chi connectivity index (χ0n) is 19.0. The minimum Gasteiger partial charge on any atom is -0.293 e. The molecule has 0 N–H and O–H groups in total. The number of halogens is 20. The third-order valence-electron chi connectivity index (χ3n) is 5.34. The summed E-state index contributed by atoms with van der Waals surface area (Å²) in [7, 11) is 0. The summed E-state index contributed by atoms with van der Waals surface area (Å²) in [4.78, 5) is 0. The molecule has 21 heteroatoms. The van der Waals surface area contributed by atoms with Crippen molar-refractivity contribution < 1.29 is 92.5 Å². The minimum absolute atomic E-state index is 0.0343. The zero-order chi connectivity index (χ0) is 31.8. The number of alkyl halides is 20. The fraction of sp³-hybridized carbons (Fsp3) is 1.00. The van der Waals surface area contributed by atoms with Crippen molar-refractivity contribution in [1.29, 1.82) is 0 Å². The van der Waals surface area contributed by atoms with Gasteiger partial charge in [-0.3, -0.25) is 4.74 Å². The summed E-state index contributed by atoms with van der Waals surface area (Å²) in [5.74, 6) is -44.5. The Morgan fingerprint density at radius 3 is 0.974 bits per heavy atom. The molecule has 0 radical (unpaired) electrons. The predicted octanol–water partition coefficient (Wildman–Crippen LogP) is 8.77. The Bertz CT molecular complexity index is 829. The standard InChI is InChI=1S/C17H16F20O/c1-7(2,3)10(21,22)13(27,28)14(29,30)12(25,26)9(5,20)11(23,24)8(4,19)6(18)38-15(31,16(32,33)34)17(35,36)37/h6H,1-5H3. The molecule has 0 heterocycles.